The van der Waals surface area contributed by atoms with Crippen LogP contribution in [-0.2, 0) is 20.1 Å². The summed E-state index contributed by atoms with van der Waals surface area (Å²) >= 11 is 0. The highest BCUT2D eigenvalue weighted by atomic mass is 16.7. The first-order chi connectivity index (χ1) is 11.7. The van der Waals surface area contributed by atoms with Crippen molar-refractivity contribution in [1.82, 2.24) is 5.32 Å². The molecule has 0 spiro atoms. The fraction of sp³-hybridized carbons (Fsp3) is 0.579. The minimum absolute atomic E-state index is 0.0457. The van der Waals surface area contributed by atoms with Crippen LogP contribution in [0.3, 0.4) is 0 Å². The van der Waals surface area contributed by atoms with Gasteiger partial charge in [-0.3, -0.25) is 4.79 Å². The van der Waals surface area contributed by atoms with Crippen molar-refractivity contribution in [3.63, 3.8) is 0 Å². The maximum Gasteiger partial charge on any atom is 0.407 e. The third kappa shape index (κ3) is 5.19. The first-order valence-corrected chi connectivity index (χ1v) is 8.78. The predicted molar refractivity (Wildman–Crippen MR) is 94.6 cm³/mol. The Kier molecular flexibility index (Phi) is 6.06. The van der Waals surface area contributed by atoms with E-state index in [0.717, 1.165) is 25.7 Å². The van der Waals surface area contributed by atoms with Gasteiger partial charge in [-0.25, -0.2) is 4.79 Å². The third-order valence-corrected chi connectivity index (χ3v) is 4.09. The quantitative estimate of drug-likeness (QED) is 0.800. The van der Waals surface area contributed by atoms with Crippen molar-refractivity contribution < 1.29 is 19.1 Å². The molecular weight excluding hydrogens is 320 g/mol. The van der Waals surface area contributed by atoms with Gasteiger partial charge in [0.15, 0.2) is 0 Å². The van der Waals surface area contributed by atoms with Gasteiger partial charge in [0.25, 0.3) is 5.91 Å². The summed E-state index contributed by atoms with van der Waals surface area (Å²) in [7, 11) is 0. The molecule has 0 aromatic heterocycles. The average molecular weight is 348 g/mol. The van der Waals surface area contributed by atoms with Crippen molar-refractivity contribution in [3.05, 3.63) is 35.9 Å². The van der Waals surface area contributed by atoms with Crippen molar-refractivity contribution in [2.45, 2.75) is 70.3 Å². The molecule has 1 saturated carbocycles. The Labute approximate surface area is 149 Å². The van der Waals surface area contributed by atoms with E-state index in [1.807, 2.05) is 6.07 Å². The van der Waals surface area contributed by atoms with Gasteiger partial charge in [0.05, 0.1) is 5.60 Å². The Balaban J connectivity index is 2.40. The maximum atomic E-state index is 13.2. The second-order valence-electron chi connectivity index (χ2n) is 7.43. The predicted octanol–water partition coefficient (Wildman–Crippen LogP) is 3.20. The fourth-order valence-electron chi connectivity index (χ4n) is 3.12. The molecule has 1 atom stereocenters. The number of amides is 2. The van der Waals surface area contributed by atoms with Crippen LogP contribution in [0.5, 0.6) is 0 Å². The van der Waals surface area contributed by atoms with Crippen molar-refractivity contribution >= 4 is 12.0 Å². The van der Waals surface area contributed by atoms with Crippen LogP contribution in [0.2, 0.25) is 0 Å². The van der Waals surface area contributed by atoms with Crippen LogP contribution >= 0.6 is 0 Å². The molecule has 0 unspecified atom stereocenters. The van der Waals surface area contributed by atoms with Gasteiger partial charge in [0.2, 0.25) is 0 Å². The summed E-state index contributed by atoms with van der Waals surface area (Å²) in [5.41, 5.74) is 4.97. The van der Waals surface area contributed by atoms with E-state index in [-0.39, 0.29) is 6.04 Å². The zero-order valence-corrected chi connectivity index (χ0v) is 15.2. The molecular formula is C19H28N2O4. The van der Waals surface area contributed by atoms with Gasteiger partial charge in [0, 0.05) is 11.6 Å². The molecule has 1 aliphatic rings. The highest BCUT2D eigenvalue weighted by Gasteiger charge is 2.49. The summed E-state index contributed by atoms with van der Waals surface area (Å²) in [5, 5.41) is 2.99. The number of carbonyl (C=O) groups excluding carboxylic acids is 2. The fourth-order valence-corrected chi connectivity index (χ4v) is 3.12. The van der Waals surface area contributed by atoms with Gasteiger partial charge in [-0.05, 0) is 33.6 Å². The highest BCUT2D eigenvalue weighted by molar-refractivity contribution is 5.87. The van der Waals surface area contributed by atoms with Crippen LogP contribution in [0.15, 0.2) is 30.3 Å². The molecule has 6 heteroatoms. The molecule has 0 heterocycles. The minimum Gasteiger partial charge on any atom is -0.402 e. The number of benzene rings is 1. The second-order valence-corrected chi connectivity index (χ2v) is 7.43. The molecule has 0 aliphatic heterocycles. The number of ether oxygens (including phenoxy) is 2. The van der Waals surface area contributed by atoms with E-state index >= 15 is 0 Å². The molecule has 2 amide bonds. The van der Waals surface area contributed by atoms with E-state index in [1.165, 1.54) is 6.42 Å². The van der Waals surface area contributed by atoms with Crippen molar-refractivity contribution in [1.29, 1.82) is 0 Å². The Hall–Kier alpha value is -2.08. The highest BCUT2D eigenvalue weighted by Crippen LogP contribution is 2.33. The van der Waals surface area contributed by atoms with E-state index < -0.39 is 23.4 Å². The Morgan fingerprint density at radius 3 is 2.20 bits per heavy atom. The smallest absolute Gasteiger partial charge is 0.402 e. The number of hydrogen-bond donors (Lipinski definition) is 2. The SMILES string of the molecule is CC(C)(C)O[C@@](OC(N)=O)(C(=O)NC1CCCCC1)c1ccccc1. The summed E-state index contributed by atoms with van der Waals surface area (Å²) < 4.78 is 11.3. The van der Waals surface area contributed by atoms with Gasteiger partial charge in [-0.15, -0.1) is 0 Å². The van der Waals surface area contributed by atoms with Gasteiger partial charge in [-0.1, -0.05) is 49.6 Å². The molecule has 0 bridgehead atoms. The first-order valence-electron chi connectivity index (χ1n) is 8.78. The summed E-state index contributed by atoms with van der Waals surface area (Å²) in [6, 6.07) is 8.76. The Morgan fingerprint density at radius 1 is 1.08 bits per heavy atom. The zero-order chi connectivity index (χ0) is 18.5. The molecule has 6 nitrogen and oxygen atoms in total. The number of nitrogens with two attached hydrogens (primary N) is 1. The van der Waals surface area contributed by atoms with Crippen molar-refractivity contribution in [3.8, 4) is 0 Å². The molecule has 1 fully saturated rings. The lowest BCUT2D eigenvalue weighted by Gasteiger charge is -2.38. The number of nitrogens with one attached hydrogen (secondary N) is 1. The molecule has 3 N–H and O–H groups in total. The van der Waals surface area contributed by atoms with E-state index in [4.69, 9.17) is 15.2 Å². The van der Waals surface area contributed by atoms with E-state index in [2.05, 4.69) is 5.32 Å². The lowest BCUT2D eigenvalue weighted by molar-refractivity contribution is -0.248. The summed E-state index contributed by atoms with van der Waals surface area (Å²) in [6.45, 7) is 5.38. The molecule has 1 aromatic carbocycles. The Morgan fingerprint density at radius 2 is 1.68 bits per heavy atom. The van der Waals surface area contributed by atoms with Crippen molar-refractivity contribution in [2.24, 2.45) is 5.73 Å². The van der Waals surface area contributed by atoms with E-state index in [9.17, 15) is 9.59 Å². The molecule has 2 rings (SSSR count). The largest absolute Gasteiger partial charge is 0.407 e. The minimum atomic E-state index is -1.91. The normalized spacial score (nSPS) is 18.2. The topological polar surface area (TPSA) is 90.7 Å². The summed E-state index contributed by atoms with van der Waals surface area (Å²) in [4.78, 5) is 24.8. The maximum absolute atomic E-state index is 13.2. The van der Waals surface area contributed by atoms with Crippen LogP contribution in [0, 0.1) is 0 Å². The van der Waals surface area contributed by atoms with Gasteiger partial charge in [0.1, 0.15) is 0 Å². The number of carbonyl (C=O) groups is 2. The standard InChI is InChI=1S/C19H28N2O4/c1-18(2,3)25-19(24-17(20)23,14-10-6-4-7-11-14)16(22)21-15-12-8-5-9-13-15/h4,6-7,10-11,15H,5,8-9,12-13H2,1-3H3,(H2,20,23)(H,21,22)/t19-/m1/s1. The summed E-state index contributed by atoms with van der Waals surface area (Å²) in [6.07, 6.45) is 4.06. The molecule has 25 heavy (non-hydrogen) atoms. The molecule has 138 valence electrons. The average Bonchev–Trinajstić information content (AvgIpc) is 2.54. The molecule has 1 aliphatic carbocycles. The molecule has 0 radical (unpaired) electrons. The van der Waals surface area contributed by atoms with Crippen LogP contribution in [0.25, 0.3) is 0 Å². The van der Waals surface area contributed by atoms with Gasteiger partial charge >= 0.3 is 11.9 Å². The Bertz CT molecular complexity index is 591. The second kappa shape index (κ2) is 7.87. The number of hydrogen-bond acceptors (Lipinski definition) is 4. The van der Waals surface area contributed by atoms with Crippen LogP contribution in [0.1, 0.15) is 58.4 Å². The van der Waals surface area contributed by atoms with E-state index in [0.29, 0.717) is 5.56 Å². The summed E-state index contributed by atoms with van der Waals surface area (Å²) in [5.74, 6) is -2.41. The number of rotatable bonds is 5. The van der Waals surface area contributed by atoms with E-state index in [1.54, 1.807) is 45.0 Å². The zero-order valence-electron chi connectivity index (χ0n) is 15.2. The first kappa shape index (κ1) is 19.2. The van der Waals surface area contributed by atoms with Gasteiger partial charge < -0.3 is 20.5 Å². The van der Waals surface area contributed by atoms with Gasteiger partial charge in [-0.2, -0.15) is 0 Å². The third-order valence-electron chi connectivity index (χ3n) is 4.09. The lowest BCUT2D eigenvalue weighted by Crippen LogP contribution is -2.55. The van der Waals surface area contributed by atoms with Crippen LogP contribution in [-0.4, -0.2) is 23.6 Å². The van der Waals surface area contributed by atoms with Crippen LogP contribution in [0.4, 0.5) is 4.79 Å². The molecule has 1 aromatic rings. The van der Waals surface area contributed by atoms with Crippen molar-refractivity contribution in [2.75, 3.05) is 0 Å². The monoisotopic (exact) mass is 348 g/mol. The number of primary amides is 1. The molecule has 0 saturated heterocycles. The van der Waals surface area contributed by atoms with Crippen LogP contribution < -0.4 is 11.1 Å². The lowest BCUT2D eigenvalue weighted by atomic mass is 9.94.